The van der Waals surface area contributed by atoms with E-state index in [1.807, 2.05) is 18.2 Å². The van der Waals surface area contributed by atoms with Crippen molar-refractivity contribution in [1.29, 1.82) is 0 Å². The van der Waals surface area contributed by atoms with E-state index in [-0.39, 0.29) is 24.5 Å². The summed E-state index contributed by atoms with van der Waals surface area (Å²) in [4.78, 5) is 25.2. The lowest BCUT2D eigenvalue weighted by atomic mass is 9.95. The molecule has 2 amide bonds. The third-order valence-electron chi connectivity index (χ3n) is 4.41. The second kappa shape index (κ2) is 6.92. The van der Waals surface area contributed by atoms with E-state index in [4.69, 9.17) is 4.74 Å². The molecule has 2 aliphatic heterocycles. The van der Waals surface area contributed by atoms with Crippen LogP contribution in [-0.2, 0) is 14.3 Å². The van der Waals surface area contributed by atoms with Crippen molar-refractivity contribution in [3.8, 4) is 0 Å². The number of nitrogens with one attached hydrogen (secondary N) is 1. The Bertz CT molecular complexity index is 532. The zero-order valence-corrected chi connectivity index (χ0v) is 12.7. The number of ether oxygens (including phenoxy) is 1. The Kier molecular flexibility index (Phi) is 4.73. The first-order valence-corrected chi connectivity index (χ1v) is 7.95. The number of carbonyl (C=O) groups excluding carboxylic acids is 2. The maximum absolute atomic E-state index is 12.0. The number of nitrogens with zero attached hydrogens (tertiary/aromatic N) is 1. The van der Waals surface area contributed by atoms with E-state index in [0.717, 1.165) is 25.0 Å². The molecule has 2 fully saturated rings. The molecule has 0 radical (unpaired) electrons. The molecule has 0 aliphatic carbocycles. The lowest BCUT2D eigenvalue weighted by Crippen LogP contribution is -2.39. The third kappa shape index (κ3) is 3.47. The predicted molar refractivity (Wildman–Crippen MR) is 82.1 cm³/mol. The molecule has 0 bridgehead atoms. The fraction of sp³-hybridized carbons (Fsp3) is 0.529. The zero-order valence-electron chi connectivity index (χ0n) is 12.7. The maximum atomic E-state index is 12.0. The van der Waals surface area contributed by atoms with Gasteiger partial charge in [0.1, 0.15) is 0 Å². The van der Waals surface area contributed by atoms with Gasteiger partial charge in [-0.1, -0.05) is 30.3 Å². The summed E-state index contributed by atoms with van der Waals surface area (Å²) in [7, 11) is 0. The standard InChI is InChI=1S/C17H22N2O3/c20-15(12-19-9-4-7-16(19)21)18-11-14-8-10-22-17(14)13-5-2-1-3-6-13/h1-3,5-6,14,17H,4,7-12H2,(H,18,20)/t14-,17-/m0/s1. The Hall–Kier alpha value is -1.88. The van der Waals surface area contributed by atoms with Crippen LogP contribution in [-0.4, -0.2) is 43.0 Å². The number of rotatable bonds is 5. The Morgan fingerprint density at radius 3 is 2.86 bits per heavy atom. The number of hydrogen-bond donors (Lipinski definition) is 1. The highest BCUT2D eigenvalue weighted by atomic mass is 16.5. The highest BCUT2D eigenvalue weighted by Gasteiger charge is 2.30. The molecule has 1 aromatic carbocycles. The molecule has 22 heavy (non-hydrogen) atoms. The van der Waals surface area contributed by atoms with Crippen molar-refractivity contribution in [2.45, 2.75) is 25.4 Å². The molecule has 0 aromatic heterocycles. The molecule has 3 rings (SSSR count). The second-order valence-electron chi connectivity index (χ2n) is 5.97. The summed E-state index contributed by atoms with van der Waals surface area (Å²) in [6.45, 7) is 2.21. The molecule has 2 heterocycles. The van der Waals surface area contributed by atoms with Crippen LogP contribution in [0.2, 0.25) is 0 Å². The molecule has 2 saturated heterocycles. The first-order chi connectivity index (χ1) is 10.7. The normalized spacial score (nSPS) is 24.7. The monoisotopic (exact) mass is 302 g/mol. The van der Waals surface area contributed by atoms with Gasteiger partial charge in [-0.05, 0) is 18.4 Å². The minimum Gasteiger partial charge on any atom is -0.373 e. The first kappa shape index (κ1) is 15.0. The molecule has 1 N–H and O–H groups in total. The Morgan fingerprint density at radius 2 is 2.14 bits per heavy atom. The van der Waals surface area contributed by atoms with Gasteiger partial charge in [0.05, 0.1) is 12.6 Å². The minimum atomic E-state index is -0.0750. The van der Waals surface area contributed by atoms with E-state index in [2.05, 4.69) is 17.4 Å². The van der Waals surface area contributed by atoms with Gasteiger partial charge in [-0.15, -0.1) is 0 Å². The number of likely N-dealkylation sites (tertiary alicyclic amines) is 1. The van der Waals surface area contributed by atoms with Crippen LogP contribution in [0.4, 0.5) is 0 Å². The lowest BCUT2D eigenvalue weighted by Gasteiger charge is -2.20. The Balaban J connectivity index is 1.50. The summed E-state index contributed by atoms with van der Waals surface area (Å²) in [6, 6.07) is 10.1. The van der Waals surface area contributed by atoms with Crippen LogP contribution in [0.15, 0.2) is 30.3 Å². The van der Waals surface area contributed by atoms with Gasteiger partial charge >= 0.3 is 0 Å². The average Bonchev–Trinajstić information content (AvgIpc) is 3.16. The van der Waals surface area contributed by atoms with Crippen LogP contribution in [0.25, 0.3) is 0 Å². The SMILES string of the molecule is O=C(CN1CCCC1=O)NC[C@@H]1CCO[C@H]1c1ccccc1. The van der Waals surface area contributed by atoms with Crippen LogP contribution in [0.1, 0.15) is 30.9 Å². The summed E-state index contributed by atoms with van der Waals surface area (Å²) in [5.74, 6) is 0.302. The van der Waals surface area contributed by atoms with E-state index in [1.165, 1.54) is 0 Å². The van der Waals surface area contributed by atoms with E-state index in [1.54, 1.807) is 4.90 Å². The third-order valence-corrected chi connectivity index (χ3v) is 4.41. The summed E-state index contributed by atoms with van der Waals surface area (Å²) in [6.07, 6.45) is 2.43. The first-order valence-electron chi connectivity index (χ1n) is 7.95. The molecule has 5 heteroatoms. The van der Waals surface area contributed by atoms with E-state index in [0.29, 0.717) is 25.4 Å². The highest BCUT2D eigenvalue weighted by Crippen LogP contribution is 2.33. The number of benzene rings is 1. The van der Waals surface area contributed by atoms with E-state index >= 15 is 0 Å². The quantitative estimate of drug-likeness (QED) is 0.897. The van der Waals surface area contributed by atoms with Gasteiger partial charge in [-0.25, -0.2) is 0 Å². The largest absolute Gasteiger partial charge is 0.373 e. The number of carbonyl (C=O) groups is 2. The summed E-state index contributed by atoms with van der Waals surface area (Å²) < 4.78 is 5.82. The summed E-state index contributed by atoms with van der Waals surface area (Å²) in [5, 5.41) is 2.96. The predicted octanol–water partition coefficient (Wildman–Crippen LogP) is 1.50. The number of hydrogen-bond acceptors (Lipinski definition) is 3. The van der Waals surface area contributed by atoms with Gasteiger partial charge in [0, 0.05) is 32.0 Å². The van der Waals surface area contributed by atoms with Gasteiger partial charge in [0.25, 0.3) is 0 Å². The summed E-state index contributed by atoms with van der Waals surface area (Å²) in [5.41, 5.74) is 1.16. The van der Waals surface area contributed by atoms with Crippen molar-refractivity contribution in [2.24, 2.45) is 5.92 Å². The molecule has 2 aliphatic rings. The molecule has 1 aromatic rings. The Morgan fingerprint density at radius 1 is 1.32 bits per heavy atom. The van der Waals surface area contributed by atoms with Gasteiger partial charge < -0.3 is 15.0 Å². The van der Waals surface area contributed by atoms with Crippen LogP contribution >= 0.6 is 0 Å². The van der Waals surface area contributed by atoms with Crippen molar-refractivity contribution < 1.29 is 14.3 Å². The van der Waals surface area contributed by atoms with E-state index < -0.39 is 0 Å². The van der Waals surface area contributed by atoms with Crippen LogP contribution in [0, 0.1) is 5.92 Å². The fourth-order valence-corrected chi connectivity index (χ4v) is 3.20. The van der Waals surface area contributed by atoms with Crippen molar-refractivity contribution in [3.63, 3.8) is 0 Å². The van der Waals surface area contributed by atoms with Crippen LogP contribution in [0.3, 0.4) is 0 Å². The second-order valence-corrected chi connectivity index (χ2v) is 5.97. The lowest BCUT2D eigenvalue weighted by molar-refractivity contribution is -0.133. The molecule has 0 spiro atoms. The van der Waals surface area contributed by atoms with Crippen molar-refractivity contribution >= 4 is 11.8 Å². The molecule has 0 saturated carbocycles. The van der Waals surface area contributed by atoms with Crippen molar-refractivity contribution in [2.75, 3.05) is 26.2 Å². The van der Waals surface area contributed by atoms with Gasteiger partial charge in [0.2, 0.25) is 11.8 Å². The van der Waals surface area contributed by atoms with Gasteiger partial charge in [-0.2, -0.15) is 0 Å². The molecule has 2 atom stereocenters. The summed E-state index contributed by atoms with van der Waals surface area (Å²) >= 11 is 0. The molecular weight excluding hydrogens is 280 g/mol. The highest BCUT2D eigenvalue weighted by molar-refractivity contribution is 5.85. The smallest absolute Gasteiger partial charge is 0.239 e. The minimum absolute atomic E-state index is 0.0509. The van der Waals surface area contributed by atoms with Crippen LogP contribution in [0.5, 0.6) is 0 Å². The van der Waals surface area contributed by atoms with Crippen molar-refractivity contribution in [3.05, 3.63) is 35.9 Å². The fourth-order valence-electron chi connectivity index (χ4n) is 3.20. The topological polar surface area (TPSA) is 58.6 Å². The zero-order chi connectivity index (χ0) is 15.4. The molecule has 0 unspecified atom stereocenters. The van der Waals surface area contributed by atoms with Crippen molar-refractivity contribution in [1.82, 2.24) is 10.2 Å². The average molecular weight is 302 g/mol. The van der Waals surface area contributed by atoms with Gasteiger partial charge in [0.15, 0.2) is 0 Å². The van der Waals surface area contributed by atoms with E-state index in [9.17, 15) is 9.59 Å². The maximum Gasteiger partial charge on any atom is 0.239 e. The van der Waals surface area contributed by atoms with Crippen LogP contribution < -0.4 is 5.32 Å². The van der Waals surface area contributed by atoms with Gasteiger partial charge in [-0.3, -0.25) is 9.59 Å². The number of amides is 2. The Labute approximate surface area is 130 Å². The molecular formula is C17H22N2O3. The molecule has 118 valence electrons. The molecule has 5 nitrogen and oxygen atoms in total.